The Morgan fingerprint density at radius 1 is 1.11 bits per heavy atom. The number of hydrogen-bond acceptors (Lipinski definition) is 6. The highest BCUT2D eigenvalue weighted by Crippen LogP contribution is 2.54. The van der Waals surface area contributed by atoms with E-state index in [1.807, 2.05) is 11.8 Å². The number of fused-ring (bicyclic) bond motifs is 3. The van der Waals surface area contributed by atoms with E-state index in [0.29, 0.717) is 41.8 Å². The second kappa shape index (κ2) is 7.01. The number of nitrogens with zero attached hydrogens (tertiary/aromatic N) is 5. The molecule has 5 rings (SSSR count). The molecule has 3 aliphatic heterocycles. The van der Waals surface area contributed by atoms with Gasteiger partial charge in [-0.1, -0.05) is 5.16 Å². The summed E-state index contributed by atoms with van der Waals surface area (Å²) in [4.78, 5) is 24.3. The Balaban J connectivity index is 1.22. The lowest BCUT2D eigenvalue weighted by molar-refractivity contribution is -0.133. The molecule has 1 aromatic rings. The predicted molar refractivity (Wildman–Crippen MR) is 106 cm³/mol. The SMILES string of the molecule is CCN(CC)C(=O)C1[C@H]2CN(C3CC4CCCC(C3)N4c3nc(C)no3)C[C@@H]12. The summed E-state index contributed by atoms with van der Waals surface area (Å²) in [7, 11) is 0. The maximum absolute atomic E-state index is 12.7. The van der Waals surface area contributed by atoms with Crippen LogP contribution in [0.3, 0.4) is 0 Å². The van der Waals surface area contributed by atoms with Crippen molar-refractivity contribution in [1.29, 1.82) is 0 Å². The van der Waals surface area contributed by atoms with Gasteiger partial charge >= 0.3 is 6.01 Å². The zero-order valence-electron chi connectivity index (χ0n) is 17.4. The summed E-state index contributed by atoms with van der Waals surface area (Å²) in [6.07, 6.45) is 6.12. The fourth-order valence-electron chi connectivity index (χ4n) is 6.32. The minimum absolute atomic E-state index is 0.303. The maximum Gasteiger partial charge on any atom is 0.324 e. The van der Waals surface area contributed by atoms with Gasteiger partial charge in [0.1, 0.15) is 0 Å². The number of aryl methyl sites for hydroxylation is 1. The lowest BCUT2D eigenvalue weighted by Gasteiger charge is -2.50. The van der Waals surface area contributed by atoms with Gasteiger partial charge in [-0.2, -0.15) is 4.98 Å². The van der Waals surface area contributed by atoms with E-state index in [-0.39, 0.29) is 0 Å². The molecule has 3 unspecified atom stereocenters. The zero-order chi connectivity index (χ0) is 19.4. The molecule has 154 valence electrons. The Bertz CT molecular complexity index is 706. The third kappa shape index (κ3) is 2.93. The first kappa shape index (κ1) is 18.4. The molecule has 0 N–H and O–H groups in total. The van der Waals surface area contributed by atoms with Crippen molar-refractivity contribution in [2.45, 2.75) is 71.0 Å². The summed E-state index contributed by atoms with van der Waals surface area (Å²) in [5.74, 6) is 2.63. The molecule has 3 saturated heterocycles. The molecule has 28 heavy (non-hydrogen) atoms. The van der Waals surface area contributed by atoms with E-state index in [1.165, 1.54) is 32.1 Å². The van der Waals surface area contributed by atoms with Crippen molar-refractivity contribution >= 4 is 11.9 Å². The molecule has 4 heterocycles. The van der Waals surface area contributed by atoms with Crippen LogP contribution in [-0.4, -0.2) is 70.2 Å². The number of likely N-dealkylation sites (tertiary alicyclic amines) is 1. The van der Waals surface area contributed by atoms with E-state index >= 15 is 0 Å². The van der Waals surface area contributed by atoms with Gasteiger partial charge in [-0.25, -0.2) is 0 Å². The molecule has 4 aliphatic rings. The normalized spacial score (nSPS) is 37.0. The van der Waals surface area contributed by atoms with Gasteiger partial charge in [0.15, 0.2) is 5.82 Å². The van der Waals surface area contributed by atoms with Gasteiger partial charge in [-0.3, -0.25) is 9.69 Å². The van der Waals surface area contributed by atoms with Gasteiger partial charge in [0.05, 0.1) is 0 Å². The van der Waals surface area contributed by atoms with E-state index in [4.69, 9.17) is 4.52 Å². The molecule has 1 aliphatic carbocycles. The van der Waals surface area contributed by atoms with Crippen LogP contribution in [0.5, 0.6) is 0 Å². The highest BCUT2D eigenvalue weighted by atomic mass is 16.5. The van der Waals surface area contributed by atoms with Crippen LogP contribution < -0.4 is 4.90 Å². The van der Waals surface area contributed by atoms with Gasteiger partial charge in [0, 0.05) is 50.2 Å². The lowest BCUT2D eigenvalue weighted by Crippen LogP contribution is -2.57. The molecule has 7 heteroatoms. The number of carbonyl (C=O) groups excluding carboxylic acids is 1. The number of piperidine rings is 3. The van der Waals surface area contributed by atoms with Gasteiger partial charge in [-0.05, 0) is 64.7 Å². The topological polar surface area (TPSA) is 65.7 Å². The monoisotopic (exact) mass is 387 g/mol. The molecule has 1 aromatic heterocycles. The van der Waals surface area contributed by atoms with Crippen LogP contribution >= 0.6 is 0 Å². The van der Waals surface area contributed by atoms with Gasteiger partial charge in [0.25, 0.3) is 0 Å². The summed E-state index contributed by atoms with van der Waals surface area (Å²) in [5, 5.41) is 4.01. The summed E-state index contributed by atoms with van der Waals surface area (Å²) < 4.78 is 5.52. The number of rotatable bonds is 5. The Labute approximate surface area is 167 Å². The van der Waals surface area contributed by atoms with Crippen molar-refractivity contribution < 1.29 is 9.32 Å². The smallest absolute Gasteiger partial charge is 0.324 e. The largest absolute Gasteiger partial charge is 0.343 e. The summed E-state index contributed by atoms with van der Waals surface area (Å²) >= 11 is 0. The molecule has 7 nitrogen and oxygen atoms in total. The fourth-order valence-corrected chi connectivity index (χ4v) is 6.32. The maximum atomic E-state index is 12.7. The molecular formula is C21H33N5O2. The third-order valence-electron chi connectivity index (χ3n) is 7.79. The number of carbonyl (C=O) groups is 1. The molecule has 0 spiro atoms. The van der Waals surface area contributed by atoms with E-state index < -0.39 is 0 Å². The van der Waals surface area contributed by atoms with Crippen LogP contribution in [0.2, 0.25) is 0 Å². The Hall–Kier alpha value is -1.63. The van der Waals surface area contributed by atoms with E-state index in [2.05, 4.69) is 33.8 Å². The predicted octanol–water partition coefficient (Wildman–Crippen LogP) is 2.31. The Morgan fingerprint density at radius 3 is 2.29 bits per heavy atom. The zero-order valence-corrected chi connectivity index (χ0v) is 17.4. The Kier molecular flexibility index (Phi) is 4.61. The minimum Gasteiger partial charge on any atom is -0.343 e. The van der Waals surface area contributed by atoms with Gasteiger partial charge < -0.3 is 14.3 Å². The highest BCUT2D eigenvalue weighted by Gasteiger charge is 2.61. The molecule has 0 radical (unpaired) electrons. The first-order valence-corrected chi connectivity index (χ1v) is 11.2. The van der Waals surface area contributed by atoms with Crippen LogP contribution in [0.4, 0.5) is 6.01 Å². The van der Waals surface area contributed by atoms with Crippen LogP contribution in [0.15, 0.2) is 4.52 Å². The lowest BCUT2D eigenvalue weighted by atomic mass is 9.81. The van der Waals surface area contributed by atoms with Crippen molar-refractivity contribution in [3.8, 4) is 0 Å². The highest BCUT2D eigenvalue weighted by molar-refractivity contribution is 5.82. The number of amides is 1. The second-order valence-corrected chi connectivity index (χ2v) is 9.21. The van der Waals surface area contributed by atoms with E-state index in [1.54, 1.807) is 0 Å². The van der Waals surface area contributed by atoms with Crippen molar-refractivity contribution in [2.24, 2.45) is 17.8 Å². The number of anilines is 1. The molecule has 2 bridgehead atoms. The standard InChI is InChI=1S/C21H33N5O2/c1-4-24(5-2)20(27)19-17-11-25(12-18(17)19)16-9-14-7-6-8-15(10-16)26(14)21-22-13(3)23-28-21/h14-19H,4-12H2,1-3H3/t14?,15?,16?,17-,18+,19?. The van der Waals surface area contributed by atoms with E-state index in [0.717, 1.165) is 38.0 Å². The molecule has 1 saturated carbocycles. The van der Waals surface area contributed by atoms with Crippen molar-refractivity contribution in [1.82, 2.24) is 19.9 Å². The van der Waals surface area contributed by atoms with Crippen LogP contribution in [0.25, 0.3) is 0 Å². The molecule has 4 fully saturated rings. The summed E-state index contributed by atoms with van der Waals surface area (Å²) in [6, 6.07) is 2.40. The van der Waals surface area contributed by atoms with Crippen molar-refractivity contribution in [3.05, 3.63) is 5.82 Å². The minimum atomic E-state index is 0.303. The fraction of sp³-hybridized carbons (Fsp3) is 0.857. The van der Waals surface area contributed by atoms with E-state index in [9.17, 15) is 4.79 Å². The quantitative estimate of drug-likeness (QED) is 0.772. The number of aromatic nitrogens is 2. The molecule has 5 atom stereocenters. The van der Waals surface area contributed by atoms with Crippen LogP contribution in [-0.2, 0) is 4.79 Å². The molecule has 1 amide bonds. The summed E-state index contributed by atoms with van der Waals surface area (Å²) in [6.45, 7) is 9.98. The third-order valence-corrected chi connectivity index (χ3v) is 7.79. The van der Waals surface area contributed by atoms with Gasteiger partial charge in [0.2, 0.25) is 5.91 Å². The van der Waals surface area contributed by atoms with Crippen LogP contribution in [0, 0.1) is 24.7 Å². The average Bonchev–Trinajstić information content (AvgIpc) is 3.00. The van der Waals surface area contributed by atoms with Crippen LogP contribution in [0.1, 0.15) is 51.8 Å². The first-order chi connectivity index (χ1) is 13.6. The van der Waals surface area contributed by atoms with Crippen molar-refractivity contribution in [2.75, 3.05) is 31.1 Å². The summed E-state index contributed by atoms with van der Waals surface area (Å²) in [5.41, 5.74) is 0. The second-order valence-electron chi connectivity index (χ2n) is 9.21. The average molecular weight is 388 g/mol. The molecule has 0 aromatic carbocycles. The van der Waals surface area contributed by atoms with Gasteiger partial charge in [-0.15, -0.1) is 0 Å². The first-order valence-electron chi connectivity index (χ1n) is 11.2. The molecular weight excluding hydrogens is 354 g/mol. The number of hydrogen-bond donors (Lipinski definition) is 0. The Morgan fingerprint density at radius 2 is 1.75 bits per heavy atom. The van der Waals surface area contributed by atoms with Crippen molar-refractivity contribution in [3.63, 3.8) is 0 Å².